The van der Waals surface area contributed by atoms with Crippen LogP contribution in [0.25, 0.3) is 34.2 Å². The molecule has 18 heteroatoms. The molecule has 3 unspecified atom stereocenters. The number of benzene rings is 3. The summed E-state index contributed by atoms with van der Waals surface area (Å²) in [5.41, 5.74) is 1.85. The number of methoxy groups -OCH3 is 3. The first-order chi connectivity index (χ1) is 28.9. The number of hydrogen-bond donors (Lipinski definition) is 6. The highest BCUT2D eigenvalue weighted by atomic mass is 16.5. The van der Waals surface area contributed by atoms with Gasteiger partial charge in [-0.3, -0.25) is 0 Å². The van der Waals surface area contributed by atoms with Crippen LogP contribution < -0.4 is 14.2 Å². The fourth-order valence-corrected chi connectivity index (χ4v) is 5.80. The van der Waals surface area contributed by atoms with Crippen LogP contribution in [-0.4, -0.2) is 165 Å². The summed E-state index contributed by atoms with van der Waals surface area (Å²) in [5, 5.41) is 63.8. The molecule has 6 N–H and O–H groups in total. The van der Waals surface area contributed by atoms with E-state index in [1.807, 2.05) is 0 Å². The number of phenols is 3. The monoisotopic (exact) mass is 843 g/mol. The van der Waals surface area contributed by atoms with Crippen molar-refractivity contribution < 1.29 is 73.3 Å². The van der Waals surface area contributed by atoms with E-state index in [2.05, 4.69) is 15.0 Å². The summed E-state index contributed by atoms with van der Waals surface area (Å²) in [6.07, 6.45) is -2.29. The molecule has 0 saturated heterocycles. The second-order valence-electron chi connectivity index (χ2n) is 13.7. The van der Waals surface area contributed by atoms with Crippen LogP contribution in [0.1, 0.15) is 16.7 Å². The van der Waals surface area contributed by atoms with E-state index in [0.717, 1.165) is 0 Å². The van der Waals surface area contributed by atoms with Crippen molar-refractivity contribution in [1.82, 2.24) is 15.0 Å². The Hall–Kier alpha value is -4.89. The molecule has 60 heavy (non-hydrogen) atoms. The highest BCUT2D eigenvalue weighted by molar-refractivity contribution is 5.77. The first-order valence-corrected chi connectivity index (χ1v) is 19.3. The lowest BCUT2D eigenvalue weighted by Gasteiger charge is -2.17. The average molecular weight is 844 g/mol. The Balaban J connectivity index is 1.64. The summed E-state index contributed by atoms with van der Waals surface area (Å²) in [6.45, 7) is 6.65. The van der Waals surface area contributed by atoms with Crippen molar-refractivity contribution in [2.75, 3.05) is 101 Å². The molecule has 0 aliphatic heterocycles. The molecule has 3 atom stereocenters. The highest BCUT2D eigenvalue weighted by Crippen LogP contribution is 2.41. The van der Waals surface area contributed by atoms with Gasteiger partial charge in [0, 0.05) is 38.0 Å². The van der Waals surface area contributed by atoms with Crippen LogP contribution >= 0.6 is 0 Å². The topological polar surface area (TPSA) is 243 Å². The summed E-state index contributed by atoms with van der Waals surface area (Å²) in [7, 11) is 4.46. The fraction of sp³-hybridized carbons (Fsp3) is 0.500. The smallest absolute Gasteiger partial charge is 0.167 e. The normalized spacial score (nSPS) is 12.9. The molecule has 0 bridgehead atoms. The van der Waals surface area contributed by atoms with E-state index < -0.39 is 18.3 Å². The molecule has 0 aliphatic carbocycles. The minimum Gasteiger partial charge on any atom is -0.507 e. The summed E-state index contributed by atoms with van der Waals surface area (Å²) in [5.74, 6) is 0.736. The van der Waals surface area contributed by atoms with Gasteiger partial charge in [-0.05, 0) is 57.2 Å². The van der Waals surface area contributed by atoms with E-state index in [0.29, 0.717) is 33.9 Å². The van der Waals surface area contributed by atoms with Gasteiger partial charge in [0.05, 0.1) is 76.2 Å². The molecule has 0 spiro atoms. The number of hydrogen-bond acceptors (Lipinski definition) is 18. The molecule has 1 aromatic heterocycles. The molecule has 18 nitrogen and oxygen atoms in total. The zero-order valence-electron chi connectivity index (χ0n) is 34.9. The molecule has 4 rings (SSSR count). The second kappa shape index (κ2) is 24.4. The van der Waals surface area contributed by atoms with Gasteiger partial charge in [-0.2, -0.15) is 0 Å². The highest BCUT2D eigenvalue weighted by Gasteiger charge is 2.23. The summed E-state index contributed by atoms with van der Waals surface area (Å²) in [4.78, 5) is 14.0. The van der Waals surface area contributed by atoms with Gasteiger partial charge in [0.15, 0.2) is 17.5 Å². The van der Waals surface area contributed by atoms with Gasteiger partial charge in [-0.1, -0.05) is 0 Å². The third-order valence-electron chi connectivity index (χ3n) is 8.97. The van der Waals surface area contributed by atoms with Crippen molar-refractivity contribution in [2.24, 2.45) is 0 Å². The number of rotatable bonds is 27. The van der Waals surface area contributed by atoms with Crippen LogP contribution in [0.4, 0.5) is 0 Å². The van der Waals surface area contributed by atoms with Gasteiger partial charge >= 0.3 is 0 Å². The van der Waals surface area contributed by atoms with Crippen molar-refractivity contribution in [3.8, 4) is 68.7 Å². The largest absolute Gasteiger partial charge is 0.507 e. The predicted molar refractivity (Wildman–Crippen MR) is 218 cm³/mol. The van der Waals surface area contributed by atoms with Gasteiger partial charge in [-0.25, -0.2) is 15.0 Å². The standard InChI is InChI=1S/C42H57N3O15/c1-25-34(58-16-13-55-22-28(46)19-52-4)10-7-31(37(25)49)40-43-41(32-8-11-35(26(2)38(32)50)59-17-14-56-23-29(47)20-53-5)45-42(44-40)33-9-12-36(27(3)39(33)51)60-18-15-57-24-30(48)21-54-6/h7-12,28-30,46-51H,13-24H2,1-6H3. The average Bonchev–Trinajstić information content (AvgIpc) is 3.22. The van der Waals surface area contributed by atoms with Crippen molar-refractivity contribution >= 4 is 0 Å². The number of nitrogens with zero attached hydrogens (tertiary/aromatic N) is 3. The number of aliphatic hydroxyl groups is 3. The zero-order valence-corrected chi connectivity index (χ0v) is 34.9. The minimum absolute atomic E-state index is 0.0352. The van der Waals surface area contributed by atoms with Crippen LogP contribution in [0.15, 0.2) is 36.4 Å². The Morgan fingerprint density at radius 2 is 0.683 bits per heavy atom. The van der Waals surface area contributed by atoms with Crippen LogP contribution in [-0.2, 0) is 28.4 Å². The maximum Gasteiger partial charge on any atom is 0.167 e. The molecule has 330 valence electrons. The zero-order chi connectivity index (χ0) is 43.6. The van der Waals surface area contributed by atoms with E-state index in [1.165, 1.54) is 21.3 Å². The first kappa shape index (κ1) is 47.8. The Morgan fingerprint density at radius 3 is 0.933 bits per heavy atom. The second-order valence-corrected chi connectivity index (χ2v) is 13.7. The Bertz CT molecular complexity index is 1720. The molecule has 1 heterocycles. The molecule has 3 aromatic carbocycles. The quantitative estimate of drug-likeness (QED) is 0.0473. The summed E-state index contributed by atoms with van der Waals surface area (Å²) in [6, 6.07) is 9.71. The van der Waals surface area contributed by atoms with Crippen LogP contribution in [0.5, 0.6) is 34.5 Å². The third-order valence-corrected chi connectivity index (χ3v) is 8.97. The van der Waals surface area contributed by atoms with Gasteiger partial charge in [0.25, 0.3) is 0 Å². The maximum absolute atomic E-state index is 11.5. The number of aromatic hydroxyl groups is 3. The number of ether oxygens (including phenoxy) is 9. The lowest BCUT2D eigenvalue weighted by atomic mass is 10.1. The molecule has 0 saturated carbocycles. The molecular formula is C42H57N3O15. The van der Waals surface area contributed by atoms with Crippen LogP contribution in [0, 0.1) is 20.8 Å². The Kier molecular flexibility index (Phi) is 19.4. The van der Waals surface area contributed by atoms with Crippen LogP contribution in [0.3, 0.4) is 0 Å². The predicted octanol–water partition coefficient (Wildman–Crippen LogP) is 3.12. The SMILES string of the molecule is COCC(O)COCCOc1ccc(-c2nc(-c3ccc(OCCOCC(O)COC)c(C)c3O)nc(-c3ccc(OCCOCC(O)COC)c(C)c3O)n2)c(O)c1C. The molecule has 0 radical (unpaired) electrons. The molecular weight excluding hydrogens is 786 g/mol. The lowest BCUT2D eigenvalue weighted by molar-refractivity contribution is -0.0122. The van der Waals surface area contributed by atoms with E-state index >= 15 is 0 Å². The van der Waals surface area contributed by atoms with Crippen molar-refractivity contribution in [2.45, 2.75) is 39.1 Å². The van der Waals surface area contributed by atoms with Gasteiger partial charge < -0.3 is 73.3 Å². The summed E-state index contributed by atoms with van der Waals surface area (Å²) >= 11 is 0. The number of phenolic OH excluding ortho intramolecular Hbond substituents is 3. The van der Waals surface area contributed by atoms with E-state index in [9.17, 15) is 30.6 Å². The Morgan fingerprint density at radius 1 is 0.417 bits per heavy atom. The van der Waals surface area contributed by atoms with Gasteiger partial charge in [-0.15, -0.1) is 0 Å². The van der Waals surface area contributed by atoms with Crippen LogP contribution in [0.2, 0.25) is 0 Å². The van der Waals surface area contributed by atoms with E-state index in [1.54, 1.807) is 57.2 Å². The third kappa shape index (κ3) is 13.6. The van der Waals surface area contributed by atoms with Crippen molar-refractivity contribution in [1.29, 1.82) is 0 Å². The van der Waals surface area contributed by atoms with E-state index in [4.69, 9.17) is 42.6 Å². The molecule has 0 aliphatic rings. The maximum atomic E-state index is 11.5. The minimum atomic E-state index is -0.763. The van der Waals surface area contributed by atoms with Gasteiger partial charge in [0.1, 0.15) is 72.6 Å². The molecule has 4 aromatic rings. The van der Waals surface area contributed by atoms with Crippen molar-refractivity contribution in [3.63, 3.8) is 0 Å². The first-order valence-electron chi connectivity index (χ1n) is 19.3. The van der Waals surface area contributed by atoms with Gasteiger partial charge in [0.2, 0.25) is 0 Å². The van der Waals surface area contributed by atoms with Crippen molar-refractivity contribution in [3.05, 3.63) is 53.1 Å². The fourth-order valence-electron chi connectivity index (χ4n) is 5.80. The summed E-state index contributed by atoms with van der Waals surface area (Å²) < 4.78 is 48.6. The number of aromatic nitrogens is 3. The molecule has 0 amide bonds. The lowest BCUT2D eigenvalue weighted by Crippen LogP contribution is -2.22. The molecule has 0 fully saturated rings. The van der Waals surface area contributed by atoms with E-state index in [-0.39, 0.29) is 131 Å². The number of aliphatic hydroxyl groups excluding tert-OH is 3. The Labute approximate surface area is 349 Å².